The summed E-state index contributed by atoms with van der Waals surface area (Å²) >= 11 is 10.4. The van der Waals surface area contributed by atoms with Crippen molar-refractivity contribution in [3.05, 3.63) is 82.1 Å². The normalized spacial score (nSPS) is 25.0. The maximum Gasteiger partial charge on any atom is 0.306 e. The zero-order valence-corrected chi connectivity index (χ0v) is 15.9. The molecule has 4 rings (SSSR count). The van der Waals surface area contributed by atoms with Gasteiger partial charge in [0.2, 0.25) is 0 Å². The molecule has 1 fully saturated rings. The zero-order chi connectivity index (χ0) is 19.0. The minimum absolute atomic E-state index is 0.113. The lowest BCUT2D eigenvalue weighted by molar-refractivity contribution is 0.0124. The van der Waals surface area contributed by atoms with Crippen molar-refractivity contribution in [2.24, 2.45) is 0 Å². The molecule has 1 saturated heterocycles. The molecular formula is C17H12Cl2FN3O3S. The van der Waals surface area contributed by atoms with Crippen LogP contribution in [0.3, 0.4) is 0 Å². The van der Waals surface area contributed by atoms with E-state index in [1.807, 2.05) is 0 Å². The van der Waals surface area contributed by atoms with E-state index in [-0.39, 0.29) is 6.54 Å². The summed E-state index contributed by atoms with van der Waals surface area (Å²) in [6.07, 6.45) is 2.04. The highest BCUT2D eigenvalue weighted by molar-refractivity contribution is 7.75. The second-order valence-corrected chi connectivity index (χ2v) is 7.53. The average molecular weight is 428 g/mol. The van der Waals surface area contributed by atoms with Gasteiger partial charge in [0, 0.05) is 15.6 Å². The standard InChI is InChI=1S/C17H12Cl2FN3O3S/c18-12-3-6-14(15(19)7-12)17(8-23-10-21-9-22-23)16(25-27(24)26-17)11-1-4-13(20)5-2-11/h1-7,9-10,16H,8H2/t16-,17+,27?/m1/s1. The first-order valence-electron chi connectivity index (χ1n) is 7.80. The summed E-state index contributed by atoms with van der Waals surface area (Å²) in [4.78, 5) is 3.93. The molecule has 2 heterocycles. The minimum Gasteiger partial charge on any atom is -0.257 e. The summed E-state index contributed by atoms with van der Waals surface area (Å²) in [7, 11) is 0. The largest absolute Gasteiger partial charge is 0.306 e. The van der Waals surface area contributed by atoms with Crippen LogP contribution in [0.25, 0.3) is 0 Å². The Morgan fingerprint density at radius 1 is 1.22 bits per heavy atom. The van der Waals surface area contributed by atoms with Crippen molar-refractivity contribution >= 4 is 34.6 Å². The molecular weight excluding hydrogens is 416 g/mol. The Morgan fingerprint density at radius 3 is 2.67 bits per heavy atom. The van der Waals surface area contributed by atoms with Gasteiger partial charge >= 0.3 is 11.4 Å². The van der Waals surface area contributed by atoms with Gasteiger partial charge in [0.25, 0.3) is 0 Å². The molecule has 3 aromatic rings. The summed E-state index contributed by atoms with van der Waals surface area (Å²) in [5.74, 6) is -0.398. The zero-order valence-electron chi connectivity index (χ0n) is 13.6. The van der Waals surface area contributed by atoms with Gasteiger partial charge in [-0.1, -0.05) is 41.4 Å². The molecule has 0 saturated carbocycles. The SMILES string of the molecule is O=S1O[C@H](c2ccc(F)cc2)[C@](Cn2cncn2)(c2ccc(Cl)cc2Cl)O1. The molecule has 10 heteroatoms. The van der Waals surface area contributed by atoms with Crippen LogP contribution in [0.15, 0.2) is 55.1 Å². The first-order valence-corrected chi connectivity index (χ1v) is 9.55. The molecule has 140 valence electrons. The molecule has 0 radical (unpaired) electrons. The second kappa shape index (κ2) is 7.29. The number of nitrogens with zero attached hydrogens (tertiary/aromatic N) is 3. The van der Waals surface area contributed by atoms with Crippen LogP contribution in [0.1, 0.15) is 17.2 Å². The van der Waals surface area contributed by atoms with Crippen LogP contribution in [0, 0.1) is 5.82 Å². The van der Waals surface area contributed by atoms with Crippen LogP contribution >= 0.6 is 23.2 Å². The van der Waals surface area contributed by atoms with E-state index in [1.165, 1.54) is 29.5 Å². The van der Waals surface area contributed by atoms with E-state index in [0.29, 0.717) is 21.2 Å². The van der Waals surface area contributed by atoms with Crippen molar-refractivity contribution in [2.45, 2.75) is 18.2 Å². The van der Waals surface area contributed by atoms with Gasteiger partial charge in [-0.3, -0.25) is 8.37 Å². The smallest absolute Gasteiger partial charge is 0.257 e. The molecule has 0 bridgehead atoms. The van der Waals surface area contributed by atoms with Gasteiger partial charge in [-0.15, -0.1) is 0 Å². The molecule has 0 spiro atoms. The minimum atomic E-state index is -2.05. The van der Waals surface area contributed by atoms with Gasteiger partial charge < -0.3 is 0 Å². The lowest BCUT2D eigenvalue weighted by Gasteiger charge is -2.32. The fourth-order valence-electron chi connectivity index (χ4n) is 3.07. The van der Waals surface area contributed by atoms with E-state index in [1.54, 1.807) is 30.3 Å². The van der Waals surface area contributed by atoms with E-state index in [4.69, 9.17) is 31.6 Å². The van der Waals surface area contributed by atoms with E-state index in [0.717, 1.165) is 0 Å². The van der Waals surface area contributed by atoms with E-state index in [9.17, 15) is 8.60 Å². The number of hydrogen-bond donors (Lipinski definition) is 0. The number of hydrogen-bond acceptors (Lipinski definition) is 5. The molecule has 1 aliphatic rings. The quantitative estimate of drug-likeness (QED) is 0.629. The topological polar surface area (TPSA) is 66.2 Å². The number of rotatable bonds is 4. The highest BCUT2D eigenvalue weighted by Crippen LogP contribution is 2.50. The second-order valence-electron chi connectivity index (χ2n) is 5.92. The lowest BCUT2D eigenvalue weighted by atomic mass is 9.84. The van der Waals surface area contributed by atoms with Crippen LogP contribution in [-0.4, -0.2) is 19.0 Å². The highest BCUT2D eigenvalue weighted by atomic mass is 35.5. The molecule has 1 aromatic heterocycles. The van der Waals surface area contributed by atoms with Gasteiger partial charge in [-0.25, -0.2) is 14.1 Å². The molecule has 27 heavy (non-hydrogen) atoms. The van der Waals surface area contributed by atoms with Crippen molar-refractivity contribution < 1.29 is 17.0 Å². The van der Waals surface area contributed by atoms with Crippen LogP contribution in [0.5, 0.6) is 0 Å². The third-order valence-corrected chi connectivity index (χ3v) is 5.57. The third kappa shape index (κ3) is 3.51. The Balaban J connectivity index is 1.89. The van der Waals surface area contributed by atoms with Gasteiger partial charge in [0.05, 0.1) is 6.54 Å². The van der Waals surface area contributed by atoms with Crippen molar-refractivity contribution in [1.82, 2.24) is 14.8 Å². The predicted molar refractivity (Wildman–Crippen MR) is 97.6 cm³/mol. The summed E-state index contributed by atoms with van der Waals surface area (Å²) in [5.41, 5.74) is -0.199. The Kier molecular flexibility index (Phi) is 5.00. The molecule has 0 aliphatic carbocycles. The Bertz CT molecular complexity index is 988. The van der Waals surface area contributed by atoms with E-state index in [2.05, 4.69) is 10.1 Å². The third-order valence-electron chi connectivity index (χ3n) is 4.24. The monoisotopic (exact) mass is 427 g/mol. The first kappa shape index (κ1) is 18.5. The van der Waals surface area contributed by atoms with Crippen molar-refractivity contribution in [3.63, 3.8) is 0 Å². The fourth-order valence-corrected chi connectivity index (χ4v) is 4.58. The van der Waals surface area contributed by atoms with Crippen LogP contribution in [-0.2, 0) is 31.9 Å². The molecule has 1 unspecified atom stereocenters. The molecule has 3 atom stereocenters. The number of aromatic nitrogens is 3. The van der Waals surface area contributed by atoms with Crippen LogP contribution in [0.4, 0.5) is 4.39 Å². The Labute approximate surface area is 166 Å². The molecule has 0 amide bonds. The predicted octanol–water partition coefficient (Wildman–Crippen LogP) is 3.99. The van der Waals surface area contributed by atoms with Crippen molar-refractivity contribution in [1.29, 1.82) is 0 Å². The summed E-state index contributed by atoms with van der Waals surface area (Å²) in [5, 5.41) is 4.87. The maximum atomic E-state index is 13.4. The first-order chi connectivity index (χ1) is 13.0. The lowest BCUT2D eigenvalue weighted by Crippen LogP contribution is -2.37. The number of halogens is 3. The highest BCUT2D eigenvalue weighted by Gasteiger charge is 2.54. The van der Waals surface area contributed by atoms with Crippen LogP contribution < -0.4 is 0 Å². The van der Waals surface area contributed by atoms with E-state index < -0.39 is 28.9 Å². The summed E-state index contributed by atoms with van der Waals surface area (Å²) in [6.45, 7) is 0.113. The molecule has 6 nitrogen and oxygen atoms in total. The van der Waals surface area contributed by atoms with Crippen molar-refractivity contribution in [2.75, 3.05) is 0 Å². The molecule has 0 N–H and O–H groups in total. The van der Waals surface area contributed by atoms with Gasteiger partial charge in [-0.05, 0) is 29.8 Å². The maximum absolute atomic E-state index is 13.4. The number of benzene rings is 2. The Morgan fingerprint density at radius 2 is 2.00 bits per heavy atom. The summed E-state index contributed by atoms with van der Waals surface area (Å²) < 4.78 is 38.5. The van der Waals surface area contributed by atoms with E-state index >= 15 is 0 Å². The average Bonchev–Trinajstić information content (AvgIpc) is 3.24. The van der Waals surface area contributed by atoms with Gasteiger partial charge in [0.1, 0.15) is 24.6 Å². The Hall–Kier alpha value is -1.84. The molecule has 1 aliphatic heterocycles. The van der Waals surface area contributed by atoms with Crippen molar-refractivity contribution in [3.8, 4) is 0 Å². The van der Waals surface area contributed by atoms with Crippen LogP contribution in [0.2, 0.25) is 10.0 Å². The van der Waals surface area contributed by atoms with Gasteiger partial charge in [0.15, 0.2) is 5.60 Å². The molecule has 2 aromatic carbocycles. The fraction of sp³-hybridized carbons (Fsp3) is 0.176. The summed E-state index contributed by atoms with van der Waals surface area (Å²) in [6, 6.07) is 10.6. The van der Waals surface area contributed by atoms with Gasteiger partial charge in [-0.2, -0.15) is 9.31 Å².